The third-order valence-corrected chi connectivity index (χ3v) is 6.83. The number of rotatable bonds is 12. The van der Waals surface area contributed by atoms with E-state index in [1.165, 1.54) is 6.92 Å². The Hall–Kier alpha value is -3.63. The largest absolute Gasteiger partial charge is 0.496 e. The third-order valence-electron chi connectivity index (χ3n) is 6.07. The van der Waals surface area contributed by atoms with Crippen LogP contribution in [0.5, 0.6) is 5.75 Å². The summed E-state index contributed by atoms with van der Waals surface area (Å²) in [5, 5.41) is 13.5. The average molecular weight is 573 g/mol. The Balaban J connectivity index is 1.69. The number of thiazole rings is 1. The number of nitrogens with zero attached hydrogens (tertiary/aromatic N) is 1. The summed E-state index contributed by atoms with van der Waals surface area (Å²) in [6, 6.07) is 7.49. The molecule has 0 radical (unpaired) electrons. The zero-order valence-corrected chi connectivity index (χ0v) is 24.1. The molecule has 0 fully saturated rings. The summed E-state index contributed by atoms with van der Waals surface area (Å²) in [4.78, 5) is 28.2. The lowest BCUT2D eigenvalue weighted by atomic mass is 9.93. The number of halogens is 2. The molecule has 2 aromatic carbocycles. The smallest absolute Gasteiger partial charge is 0.331 e. The molecule has 0 unspecified atom stereocenters. The molecule has 0 spiro atoms. The van der Waals surface area contributed by atoms with Gasteiger partial charge in [-0.05, 0) is 61.4 Å². The van der Waals surface area contributed by atoms with E-state index in [9.17, 15) is 18.4 Å². The molecule has 0 aliphatic heterocycles. The van der Waals surface area contributed by atoms with Gasteiger partial charge in [-0.15, -0.1) is 11.3 Å². The number of hydrogen-bond donors (Lipinski definition) is 2. The minimum absolute atomic E-state index is 0.237. The first kappa shape index (κ1) is 30.9. The number of carboxylic acid groups (broad SMARTS) is 1. The van der Waals surface area contributed by atoms with E-state index < -0.39 is 29.1 Å². The van der Waals surface area contributed by atoms with Gasteiger partial charge in [0.25, 0.3) is 5.91 Å². The maximum Gasteiger partial charge on any atom is 0.331 e. The van der Waals surface area contributed by atoms with Crippen molar-refractivity contribution in [2.24, 2.45) is 5.41 Å². The summed E-state index contributed by atoms with van der Waals surface area (Å²) in [6.07, 6.45) is 3.46. The first-order valence-corrected chi connectivity index (χ1v) is 13.7. The third kappa shape index (κ3) is 8.43. The van der Waals surface area contributed by atoms with Crippen LogP contribution in [0.15, 0.2) is 41.3 Å². The number of amides is 1. The second kappa shape index (κ2) is 13.6. The highest BCUT2D eigenvalue weighted by Crippen LogP contribution is 2.35. The Labute approximate surface area is 236 Å². The summed E-state index contributed by atoms with van der Waals surface area (Å²) in [6.45, 7) is 9.14. The molecule has 0 saturated heterocycles. The highest BCUT2D eigenvalue weighted by Gasteiger charge is 2.18. The van der Waals surface area contributed by atoms with E-state index in [2.05, 4.69) is 31.1 Å². The number of ether oxygens (including phenoxy) is 2. The highest BCUT2D eigenvalue weighted by atomic mass is 32.1. The lowest BCUT2D eigenvalue weighted by Crippen LogP contribution is -2.13. The van der Waals surface area contributed by atoms with E-state index >= 15 is 0 Å². The number of aromatic nitrogens is 1. The van der Waals surface area contributed by atoms with Gasteiger partial charge >= 0.3 is 5.97 Å². The van der Waals surface area contributed by atoms with Gasteiger partial charge < -0.3 is 14.6 Å². The Morgan fingerprint density at radius 1 is 1.15 bits per heavy atom. The van der Waals surface area contributed by atoms with Gasteiger partial charge in [-0.3, -0.25) is 10.1 Å². The van der Waals surface area contributed by atoms with E-state index in [-0.39, 0.29) is 21.7 Å². The number of benzene rings is 2. The van der Waals surface area contributed by atoms with Gasteiger partial charge in [-0.1, -0.05) is 32.9 Å². The zero-order valence-electron chi connectivity index (χ0n) is 23.3. The number of aliphatic carboxylic acids is 1. The Bertz CT molecular complexity index is 1370. The van der Waals surface area contributed by atoms with Crippen LogP contribution in [0.4, 0.5) is 13.9 Å². The van der Waals surface area contributed by atoms with Crippen molar-refractivity contribution in [3.8, 4) is 17.0 Å². The van der Waals surface area contributed by atoms with Crippen LogP contribution in [0.1, 0.15) is 62.0 Å². The van der Waals surface area contributed by atoms with E-state index in [1.807, 2.05) is 18.2 Å². The van der Waals surface area contributed by atoms with Crippen LogP contribution >= 0.6 is 11.3 Å². The number of para-hydroxylation sites is 1. The Kier molecular flexibility index (Phi) is 10.5. The van der Waals surface area contributed by atoms with Gasteiger partial charge in [0.15, 0.2) is 5.13 Å². The SMILES string of the molecule is COc1c(CCCOCCC(C)(C)C)cccc1-c1csc(NC(=O)c2cc(F)c(C=C(C)C(=O)O)c(F)c2)n1. The predicted octanol–water partition coefficient (Wildman–Crippen LogP) is 7.22. The van der Waals surface area contributed by atoms with Crippen molar-refractivity contribution in [3.63, 3.8) is 0 Å². The van der Waals surface area contributed by atoms with Crippen LogP contribution in [-0.2, 0) is 16.0 Å². The molecule has 0 atom stereocenters. The molecule has 0 bridgehead atoms. The van der Waals surface area contributed by atoms with Gasteiger partial charge in [-0.2, -0.15) is 0 Å². The number of carbonyl (C=O) groups is 2. The van der Waals surface area contributed by atoms with Crippen molar-refractivity contribution in [2.75, 3.05) is 25.6 Å². The molecule has 1 aromatic heterocycles. The summed E-state index contributed by atoms with van der Waals surface area (Å²) in [5.74, 6) is -3.47. The molecule has 1 heterocycles. The summed E-state index contributed by atoms with van der Waals surface area (Å²) in [7, 11) is 1.59. The van der Waals surface area contributed by atoms with Crippen LogP contribution < -0.4 is 10.1 Å². The molecule has 2 N–H and O–H groups in total. The number of carboxylic acids is 1. The fourth-order valence-electron chi connectivity index (χ4n) is 3.83. The molecule has 0 aliphatic rings. The first-order valence-electron chi connectivity index (χ1n) is 12.8. The Morgan fingerprint density at radius 3 is 2.48 bits per heavy atom. The number of aryl methyl sites for hydroxylation is 1. The molecule has 3 rings (SSSR count). The van der Waals surface area contributed by atoms with Crippen LogP contribution in [-0.4, -0.2) is 42.3 Å². The predicted molar refractivity (Wildman–Crippen MR) is 153 cm³/mol. The van der Waals surface area contributed by atoms with E-state index in [1.54, 1.807) is 12.5 Å². The molecule has 0 aliphatic carbocycles. The lowest BCUT2D eigenvalue weighted by Gasteiger charge is -2.17. The minimum Gasteiger partial charge on any atom is -0.496 e. The number of nitrogens with one attached hydrogen (secondary N) is 1. The Morgan fingerprint density at radius 2 is 1.85 bits per heavy atom. The van der Waals surface area contributed by atoms with Crippen LogP contribution in [0.25, 0.3) is 17.3 Å². The van der Waals surface area contributed by atoms with E-state index in [0.29, 0.717) is 18.1 Å². The van der Waals surface area contributed by atoms with Crippen molar-refractivity contribution in [3.05, 3.63) is 69.6 Å². The van der Waals surface area contributed by atoms with Crippen LogP contribution in [0, 0.1) is 17.0 Å². The van der Waals surface area contributed by atoms with Crippen molar-refractivity contribution < 1.29 is 33.0 Å². The van der Waals surface area contributed by atoms with Gasteiger partial charge in [0.05, 0.1) is 12.8 Å². The number of carbonyl (C=O) groups excluding carboxylic acids is 1. The van der Waals surface area contributed by atoms with Crippen molar-refractivity contribution >= 4 is 34.4 Å². The van der Waals surface area contributed by atoms with E-state index in [0.717, 1.165) is 66.5 Å². The fourth-order valence-corrected chi connectivity index (χ4v) is 4.53. The molecule has 40 heavy (non-hydrogen) atoms. The van der Waals surface area contributed by atoms with Gasteiger partial charge in [0.2, 0.25) is 0 Å². The van der Waals surface area contributed by atoms with Crippen molar-refractivity contribution in [1.82, 2.24) is 4.98 Å². The monoisotopic (exact) mass is 572 g/mol. The topological polar surface area (TPSA) is 97.8 Å². The van der Waals surface area contributed by atoms with Crippen LogP contribution in [0.3, 0.4) is 0 Å². The molecule has 0 saturated carbocycles. The maximum atomic E-state index is 14.5. The number of methoxy groups -OCH3 is 1. The standard InChI is InChI=1S/C30H34F2N2O5S/c1-18(28(36)37)14-22-23(31)15-20(16-24(22)32)27(35)34-29-33-25(17-40-29)21-10-6-8-19(26(21)38-5)9-7-12-39-13-11-30(2,3)4/h6,8,10,14-17H,7,9,11-13H2,1-5H3,(H,36,37)(H,33,34,35). The molecule has 10 heteroatoms. The van der Waals surface area contributed by atoms with Crippen LogP contribution in [0.2, 0.25) is 0 Å². The van der Waals surface area contributed by atoms with Crippen molar-refractivity contribution in [2.45, 2.75) is 47.0 Å². The number of hydrogen-bond acceptors (Lipinski definition) is 6. The minimum atomic E-state index is -1.30. The maximum absolute atomic E-state index is 14.5. The normalized spacial score (nSPS) is 11.9. The van der Waals surface area contributed by atoms with E-state index in [4.69, 9.17) is 14.6 Å². The molecule has 3 aromatic rings. The van der Waals surface area contributed by atoms with Gasteiger partial charge in [-0.25, -0.2) is 18.6 Å². The van der Waals surface area contributed by atoms with Gasteiger partial charge in [0, 0.05) is 40.9 Å². The summed E-state index contributed by atoms with van der Waals surface area (Å²) >= 11 is 1.16. The zero-order chi connectivity index (χ0) is 29.4. The highest BCUT2D eigenvalue weighted by molar-refractivity contribution is 7.14. The molecular formula is C30H34F2N2O5S. The molecular weight excluding hydrogens is 538 g/mol. The molecule has 214 valence electrons. The second-order valence-electron chi connectivity index (χ2n) is 10.5. The summed E-state index contributed by atoms with van der Waals surface area (Å²) in [5.41, 5.74) is 1.55. The number of anilines is 1. The van der Waals surface area contributed by atoms with Gasteiger partial charge in [0.1, 0.15) is 17.4 Å². The molecule has 7 nitrogen and oxygen atoms in total. The second-order valence-corrected chi connectivity index (χ2v) is 11.4. The summed E-state index contributed by atoms with van der Waals surface area (Å²) < 4.78 is 40.5. The van der Waals surface area contributed by atoms with Crippen molar-refractivity contribution in [1.29, 1.82) is 0 Å². The molecule has 1 amide bonds. The quantitative estimate of drug-likeness (QED) is 0.176. The fraction of sp³-hybridized carbons (Fsp3) is 0.367. The average Bonchev–Trinajstić information content (AvgIpc) is 3.35. The first-order chi connectivity index (χ1) is 18.9. The lowest BCUT2D eigenvalue weighted by molar-refractivity contribution is -0.132.